The molecule has 2 aromatic rings. The number of carbonyl (C=O) groups excluding carboxylic acids is 1. The molecule has 1 aliphatic rings. The number of anilines is 1. The van der Waals surface area contributed by atoms with Crippen molar-refractivity contribution in [1.82, 2.24) is 20.1 Å². The van der Waals surface area contributed by atoms with E-state index in [4.69, 9.17) is 0 Å². The molecule has 1 atom stereocenters. The van der Waals surface area contributed by atoms with Crippen LogP contribution in [0.3, 0.4) is 0 Å². The number of aromatic nitrogens is 3. The summed E-state index contributed by atoms with van der Waals surface area (Å²) in [5.74, 6) is 0.132. The molecule has 6 heteroatoms. The van der Waals surface area contributed by atoms with Gasteiger partial charge in [0.15, 0.2) is 0 Å². The zero-order valence-corrected chi connectivity index (χ0v) is 11.8. The van der Waals surface area contributed by atoms with Crippen LogP contribution in [-0.2, 0) is 11.3 Å². The summed E-state index contributed by atoms with van der Waals surface area (Å²) in [6.45, 7) is 2.44. The van der Waals surface area contributed by atoms with Crippen LogP contribution >= 0.6 is 0 Å². The number of piperidine rings is 1. The van der Waals surface area contributed by atoms with Crippen LogP contribution in [0.5, 0.6) is 0 Å². The molecule has 0 saturated carbocycles. The van der Waals surface area contributed by atoms with E-state index in [1.54, 1.807) is 18.6 Å². The highest BCUT2D eigenvalue weighted by Gasteiger charge is 2.21. The van der Waals surface area contributed by atoms with E-state index in [2.05, 4.69) is 20.7 Å². The number of rotatable bonds is 4. The summed E-state index contributed by atoms with van der Waals surface area (Å²) in [4.78, 5) is 16.1. The lowest BCUT2D eigenvalue weighted by Crippen LogP contribution is -2.37. The van der Waals surface area contributed by atoms with E-state index in [0.717, 1.165) is 37.2 Å². The van der Waals surface area contributed by atoms with E-state index >= 15 is 0 Å². The number of nitrogens with zero attached hydrogens (tertiary/aromatic N) is 3. The molecular weight excluding hydrogens is 266 g/mol. The number of nitrogens with one attached hydrogen (secondary N) is 2. The Bertz CT molecular complexity index is 589. The number of amides is 1. The molecule has 1 saturated heterocycles. The first-order valence-corrected chi connectivity index (χ1v) is 7.24. The average molecular weight is 285 g/mol. The maximum Gasteiger partial charge on any atom is 0.228 e. The van der Waals surface area contributed by atoms with Crippen LogP contribution in [0, 0.1) is 5.92 Å². The zero-order valence-electron chi connectivity index (χ0n) is 11.8. The molecule has 6 nitrogen and oxygen atoms in total. The molecule has 2 aromatic heterocycles. The Balaban J connectivity index is 1.58. The lowest BCUT2D eigenvalue weighted by Gasteiger charge is -2.21. The Morgan fingerprint density at radius 2 is 2.29 bits per heavy atom. The minimum Gasteiger partial charge on any atom is -0.323 e. The van der Waals surface area contributed by atoms with Gasteiger partial charge in [-0.1, -0.05) is 0 Å². The lowest BCUT2D eigenvalue weighted by atomic mass is 9.99. The number of hydrogen-bond donors (Lipinski definition) is 2. The number of hydrogen-bond acceptors (Lipinski definition) is 4. The van der Waals surface area contributed by atoms with Crippen LogP contribution in [0.25, 0.3) is 0 Å². The Labute approximate surface area is 123 Å². The second kappa shape index (κ2) is 6.49. The van der Waals surface area contributed by atoms with Crippen LogP contribution in [0.4, 0.5) is 5.69 Å². The maximum atomic E-state index is 12.1. The van der Waals surface area contributed by atoms with Crippen molar-refractivity contribution in [3.63, 3.8) is 0 Å². The Morgan fingerprint density at radius 1 is 1.43 bits per heavy atom. The van der Waals surface area contributed by atoms with Crippen LogP contribution in [-0.4, -0.2) is 33.8 Å². The Hall–Kier alpha value is -2.21. The second-order valence-corrected chi connectivity index (χ2v) is 5.31. The molecule has 2 N–H and O–H groups in total. The first-order valence-electron chi connectivity index (χ1n) is 7.24. The van der Waals surface area contributed by atoms with Gasteiger partial charge in [-0.15, -0.1) is 0 Å². The van der Waals surface area contributed by atoms with Crippen molar-refractivity contribution < 1.29 is 4.79 Å². The summed E-state index contributed by atoms with van der Waals surface area (Å²) in [5, 5.41) is 10.5. The topological polar surface area (TPSA) is 71.8 Å². The summed E-state index contributed by atoms with van der Waals surface area (Å²) >= 11 is 0. The SMILES string of the molecule is O=C(Nc1cnn(Cc2ccncc2)c1)C1CCCNC1. The first kappa shape index (κ1) is 13.8. The molecule has 0 bridgehead atoms. The van der Waals surface area contributed by atoms with E-state index in [9.17, 15) is 4.79 Å². The molecule has 3 heterocycles. The molecule has 0 aliphatic carbocycles. The molecule has 3 rings (SSSR count). The van der Waals surface area contributed by atoms with Crippen molar-refractivity contribution in [3.8, 4) is 0 Å². The Kier molecular flexibility index (Phi) is 4.25. The summed E-state index contributed by atoms with van der Waals surface area (Å²) in [6.07, 6.45) is 9.07. The van der Waals surface area contributed by atoms with Crippen molar-refractivity contribution in [2.24, 2.45) is 5.92 Å². The van der Waals surface area contributed by atoms with E-state index < -0.39 is 0 Å². The highest BCUT2D eigenvalue weighted by atomic mass is 16.1. The standard InChI is InChI=1S/C15H19N5O/c21-15(13-2-1-5-17-8-13)19-14-9-18-20(11-14)10-12-3-6-16-7-4-12/h3-4,6-7,9,11,13,17H,1-2,5,8,10H2,(H,19,21). The first-order chi connectivity index (χ1) is 10.3. The van der Waals surface area contributed by atoms with Gasteiger partial charge in [0, 0.05) is 25.1 Å². The van der Waals surface area contributed by atoms with Gasteiger partial charge in [-0.25, -0.2) is 0 Å². The van der Waals surface area contributed by atoms with Gasteiger partial charge in [0.2, 0.25) is 5.91 Å². The van der Waals surface area contributed by atoms with Gasteiger partial charge >= 0.3 is 0 Å². The van der Waals surface area contributed by atoms with Gasteiger partial charge < -0.3 is 10.6 Å². The normalized spacial score (nSPS) is 18.4. The molecule has 1 amide bonds. The minimum atomic E-state index is 0.0577. The fourth-order valence-electron chi connectivity index (χ4n) is 2.51. The summed E-state index contributed by atoms with van der Waals surface area (Å²) < 4.78 is 1.81. The van der Waals surface area contributed by atoms with Crippen molar-refractivity contribution in [2.45, 2.75) is 19.4 Å². The molecule has 21 heavy (non-hydrogen) atoms. The summed E-state index contributed by atoms with van der Waals surface area (Å²) in [6, 6.07) is 3.90. The van der Waals surface area contributed by atoms with E-state index in [-0.39, 0.29) is 11.8 Å². The molecule has 1 aliphatic heterocycles. The number of pyridine rings is 1. The van der Waals surface area contributed by atoms with Gasteiger partial charge in [-0.3, -0.25) is 14.5 Å². The largest absolute Gasteiger partial charge is 0.323 e. The smallest absolute Gasteiger partial charge is 0.228 e. The summed E-state index contributed by atoms with van der Waals surface area (Å²) in [7, 11) is 0. The van der Waals surface area contributed by atoms with Crippen LogP contribution in [0.15, 0.2) is 36.9 Å². The van der Waals surface area contributed by atoms with Gasteiger partial charge in [-0.2, -0.15) is 5.10 Å². The molecule has 0 spiro atoms. The molecule has 1 unspecified atom stereocenters. The van der Waals surface area contributed by atoms with Crippen molar-refractivity contribution >= 4 is 11.6 Å². The van der Waals surface area contributed by atoms with Crippen molar-refractivity contribution in [2.75, 3.05) is 18.4 Å². The molecule has 0 radical (unpaired) electrons. The highest BCUT2D eigenvalue weighted by Crippen LogP contribution is 2.14. The number of carbonyl (C=O) groups is 1. The van der Waals surface area contributed by atoms with Crippen molar-refractivity contribution in [1.29, 1.82) is 0 Å². The summed E-state index contributed by atoms with van der Waals surface area (Å²) in [5.41, 5.74) is 1.88. The zero-order chi connectivity index (χ0) is 14.5. The van der Waals surface area contributed by atoms with Crippen molar-refractivity contribution in [3.05, 3.63) is 42.5 Å². The van der Waals surface area contributed by atoms with E-state index in [0.29, 0.717) is 6.54 Å². The molecule has 0 aromatic carbocycles. The highest BCUT2D eigenvalue weighted by molar-refractivity contribution is 5.92. The monoisotopic (exact) mass is 285 g/mol. The molecule has 1 fully saturated rings. The minimum absolute atomic E-state index is 0.0577. The van der Waals surface area contributed by atoms with E-state index in [1.165, 1.54) is 0 Å². The van der Waals surface area contributed by atoms with Crippen LogP contribution in [0.2, 0.25) is 0 Å². The fraction of sp³-hybridized carbons (Fsp3) is 0.400. The predicted octanol–water partition coefficient (Wildman–Crippen LogP) is 1.26. The molecular formula is C15H19N5O. The fourth-order valence-corrected chi connectivity index (χ4v) is 2.51. The third-order valence-electron chi connectivity index (χ3n) is 3.66. The maximum absolute atomic E-state index is 12.1. The van der Waals surface area contributed by atoms with Gasteiger partial charge in [-0.05, 0) is 37.1 Å². The van der Waals surface area contributed by atoms with Crippen LogP contribution < -0.4 is 10.6 Å². The third-order valence-corrected chi connectivity index (χ3v) is 3.66. The van der Waals surface area contributed by atoms with Crippen LogP contribution in [0.1, 0.15) is 18.4 Å². The average Bonchev–Trinajstić information content (AvgIpc) is 2.96. The van der Waals surface area contributed by atoms with Gasteiger partial charge in [0.1, 0.15) is 0 Å². The quantitative estimate of drug-likeness (QED) is 0.887. The third kappa shape index (κ3) is 3.66. The second-order valence-electron chi connectivity index (χ2n) is 5.31. The van der Waals surface area contributed by atoms with Gasteiger partial charge in [0.25, 0.3) is 0 Å². The Morgan fingerprint density at radius 3 is 3.05 bits per heavy atom. The van der Waals surface area contributed by atoms with E-state index in [1.807, 2.05) is 23.0 Å². The van der Waals surface area contributed by atoms with Gasteiger partial charge in [0.05, 0.1) is 24.3 Å². The predicted molar refractivity (Wildman–Crippen MR) is 79.8 cm³/mol. The molecule has 110 valence electrons. The lowest BCUT2D eigenvalue weighted by molar-refractivity contribution is -0.120.